The molecule has 0 spiro atoms. The zero-order valence-corrected chi connectivity index (χ0v) is 10.6. The van der Waals surface area contributed by atoms with Crippen LogP contribution in [0.3, 0.4) is 0 Å². The second kappa shape index (κ2) is 6.96. The van der Waals surface area contributed by atoms with Gasteiger partial charge in [-0.25, -0.2) is 0 Å². The van der Waals surface area contributed by atoms with Crippen molar-refractivity contribution in [1.29, 1.82) is 0 Å². The lowest BCUT2D eigenvalue weighted by Gasteiger charge is -2.29. The highest BCUT2D eigenvalue weighted by Crippen LogP contribution is 2.22. The molecule has 0 aliphatic heterocycles. The standard InChI is InChI=1S/C12H24O3/c1-6-12(4,15-7-2)11(13)10(3)8-9-14-5/h10H,6-9H2,1-5H3. The predicted molar refractivity (Wildman–Crippen MR) is 61.0 cm³/mol. The molecule has 0 aromatic heterocycles. The Bertz CT molecular complexity index is 191. The van der Waals surface area contributed by atoms with Gasteiger partial charge in [0.2, 0.25) is 0 Å². The molecule has 0 saturated heterocycles. The number of ether oxygens (including phenoxy) is 2. The van der Waals surface area contributed by atoms with Crippen molar-refractivity contribution in [3.05, 3.63) is 0 Å². The molecule has 15 heavy (non-hydrogen) atoms. The van der Waals surface area contributed by atoms with Crippen LogP contribution in [0.1, 0.15) is 40.5 Å². The number of carbonyl (C=O) groups is 1. The maximum Gasteiger partial charge on any atom is 0.167 e. The molecule has 2 atom stereocenters. The highest BCUT2D eigenvalue weighted by Gasteiger charge is 2.34. The quantitative estimate of drug-likeness (QED) is 0.625. The van der Waals surface area contributed by atoms with Crippen molar-refractivity contribution in [2.45, 2.75) is 46.1 Å². The molecule has 0 rings (SSSR count). The van der Waals surface area contributed by atoms with E-state index in [-0.39, 0.29) is 11.7 Å². The third-order valence-corrected chi connectivity index (χ3v) is 2.86. The van der Waals surface area contributed by atoms with Crippen LogP contribution >= 0.6 is 0 Å². The van der Waals surface area contributed by atoms with E-state index in [1.165, 1.54) is 0 Å². The Labute approximate surface area is 93.1 Å². The van der Waals surface area contributed by atoms with Gasteiger partial charge in [0.15, 0.2) is 5.78 Å². The van der Waals surface area contributed by atoms with Crippen LogP contribution in [-0.4, -0.2) is 31.7 Å². The second-order valence-electron chi connectivity index (χ2n) is 4.06. The minimum absolute atomic E-state index is 0.00134. The first-order valence-corrected chi connectivity index (χ1v) is 5.69. The van der Waals surface area contributed by atoms with Gasteiger partial charge >= 0.3 is 0 Å². The molecule has 0 bridgehead atoms. The summed E-state index contributed by atoms with van der Waals surface area (Å²) in [5.41, 5.74) is -0.623. The van der Waals surface area contributed by atoms with Gasteiger partial charge in [-0.3, -0.25) is 4.79 Å². The summed E-state index contributed by atoms with van der Waals surface area (Å²) in [5.74, 6) is 0.186. The predicted octanol–water partition coefficient (Wildman–Crippen LogP) is 2.43. The average molecular weight is 216 g/mol. The van der Waals surface area contributed by atoms with Crippen LogP contribution in [0.4, 0.5) is 0 Å². The third-order valence-electron chi connectivity index (χ3n) is 2.86. The first-order chi connectivity index (χ1) is 7.01. The SMILES string of the molecule is CCOC(C)(CC)C(=O)C(C)CCOC. The Morgan fingerprint density at radius 1 is 1.40 bits per heavy atom. The molecule has 0 fully saturated rings. The molecule has 3 nitrogen and oxygen atoms in total. The molecule has 0 radical (unpaired) electrons. The van der Waals surface area contributed by atoms with Crippen molar-refractivity contribution in [2.24, 2.45) is 5.92 Å². The summed E-state index contributed by atoms with van der Waals surface area (Å²) in [6.07, 6.45) is 1.48. The Morgan fingerprint density at radius 3 is 2.40 bits per heavy atom. The zero-order chi connectivity index (χ0) is 11.9. The highest BCUT2D eigenvalue weighted by molar-refractivity contribution is 5.88. The molecular formula is C12H24O3. The van der Waals surface area contributed by atoms with E-state index in [1.54, 1.807) is 7.11 Å². The molecule has 2 unspecified atom stereocenters. The van der Waals surface area contributed by atoms with Crippen molar-refractivity contribution < 1.29 is 14.3 Å². The van der Waals surface area contributed by atoms with Crippen LogP contribution in [0.5, 0.6) is 0 Å². The van der Waals surface area contributed by atoms with Gasteiger partial charge < -0.3 is 9.47 Å². The van der Waals surface area contributed by atoms with Crippen LogP contribution in [0, 0.1) is 5.92 Å². The summed E-state index contributed by atoms with van der Waals surface area (Å²) in [5, 5.41) is 0. The number of methoxy groups -OCH3 is 1. The molecule has 90 valence electrons. The Hall–Kier alpha value is -0.410. The van der Waals surface area contributed by atoms with E-state index in [9.17, 15) is 4.79 Å². The first kappa shape index (κ1) is 14.6. The fraction of sp³-hybridized carbons (Fsp3) is 0.917. The van der Waals surface area contributed by atoms with Crippen LogP contribution in [0.2, 0.25) is 0 Å². The van der Waals surface area contributed by atoms with Gasteiger partial charge in [-0.05, 0) is 26.7 Å². The second-order valence-corrected chi connectivity index (χ2v) is 4.06. The molecule has 0 aromatic carbocycles. The van der Waals surface area contributed by atoms with Crippen molar-refractivity contribution in [2.75, 3.05) is 20.3 Å². The van der Waals surface area contributed by atoms with Gasteiger partial charge in [-0.1, -0.05) is 13.8 Å². The van der Waals surface area contributed by atoms with Gasteiger partial charge in [-0.2, -0.15) is 0 Å². The molecular weight excluding hydrogens is 192 g/mol. The first-order valence-electron chi connectivity index (χ1n) is 5.69. The number of rotatable bonds is 8. The number of hydrogen-bond acceptors (Lipinski definition) is 3. The summed E-state index contributed by atoms with van der Waals surface area (Å²) in [6.45, 7) is 8.92. The fourth-order valence-corrected chi connectivity index (χ4v) is 1.61. The zero-order valence-electron chi connectivity index (χ0n) is 10.6. The third kappa shape index (κ3) is 4.31. The van der Waals surface area contributed by atoms with Gasteiger partial charge in [0.1, 0.15) is 5.60 Å². The molecule has 0 N–H and O–H groups in total. The minimum atomic E-state index is -0.623. The number of ketones is 1. The molecule has 0 saturated carbocycles. The minimum Gasteiger partial charge on any atom is -0.385 e. The number of hydrogen-bond donors (Lipinski definition) is 0. The van der Waals surface area contributed by atoms with Crippen molar-refractivity contribution >= 4 is 5.78 Å². The summed E-state index contributed by atoms with van der Waals surface area (Å²) < 4.78 is 10.5. The highest BCUT2D eigenvalue weighted by atomic mass is 16.5. The fourth-order valence-electron chi connectivity index (χ4n) is 1.61. The van der Waals surface area contributed by atoms with E-state index in [2.05, 4.69) is 0 Å². The smallest absolute Gasteiger partial charge is 0.167 e. The Kier molecular flexibility index (Phi) is 6.77. The van der Waals surface area contributed by atoms with E-state index in [4.69, 9.17) is 9.47 Å². The van der Waals surface area contributed by atoms with Gasteiger partial charge in [0.25, 0.3) is 0 Å². The molecule has 3 heteroatoms. The van der Waals surface area contributed by atoms with Crippen LogP contribution in [-0.2, 0) is 14.3 Å². The maximum absolute atomic E-state index is 12.1. The summed E-state index contributed by atoms with van der Waals surface area (Å²) in [6, 6.07) is 0. The topological polar surface area (TPSA) is 35.5 Å². The van der Waals surface area contributed by atoms with Gasteiger partial charge in [-0.15, -0.1) is 0 Å². The molecule has 0 heterocycles. The largest absolute Gasteiger partial charge is 0.385 e. The molecule has 0 aromatic rings. The summed E-state index contributed by atoms with van der Waals surface area (Å²) in [4.78, 5) is 12.1. The van der Waals surface area contributed by atoms with Crippen LogP contribution in [0.25, 0.3) is 0 Å². The van der Waals surface area contributed by atoms with E-state index < -0.39 is 5.60 Å². The van der Waals surface area contributed by atoms with Crippen molar-refractivity contribution in [3.8, 4) is 0 Å². The molecule has 0 aliphatic rings. The lowest BCUT2D eigenvalue weighted by molar-refractivity contribution is -0.146. The lowest BCUT2D eigenvalue weighted by Crippen LogP contribution is -2.41. The maximum atomic E-state index is 12.1. The number of Topliss-reactive ketones (excluding diaryl/α,β-unsaturated/α-hetero) is 1. The molecule has 0 aliphatic carbocycles. The average Bonchev–Trinajstić information content (AvgIpc) is 2.24. The monoisotopic (exact) mass is 216 g/mol. The van der Waals surface area contributed by atoms with E-state index in [0.29, 0.717) is 13.2 Å². The van der Waals surface area contributed by atoms with Gasteiger partial charge in [0.05, 0.1) is 0 Å². The van der Waals surface area contributed by atoms with Crippen molar-refractivity contribution in [1.82, 2.24) is 0 Å². The van der Waals surface area contributed by atoms with E-state index in [0.717, 1.165) is 12.8 Å². The Balaban J connectivity index is 4.36. The van der Waals surface area contributed by atoms with Crippen molar-refractivity contribution in [3.63, 3.8) is 0 Å². The van der Waals surface area contributed by atoms with E-state index in [1.807, 2.05) is 27.7 Å². The summed E-state index contributed by atoms with van der Waals surface area (Å²) >= 11 is 0. The summed E-state index contributed by atoms with van der Waals surface area (Å²) in [7, 11) is 1.65. The number of carbonyl (C=O) groups excluding carboxylic acids is 1. The van der Waals surface area contributed by atoms with Crippen LogP contribution in [0.15, 0.2) is 0 Å². The van der Waals surface area contributed by atoms with Gasteiger partial charge in [0, 0.05) is 26.2 Å². The Morgan fingerprint density at radius 2 is 2.00 bits per heavy atom. The normalized spacial score (nSPS) is 17.1. The van der Waals surface area contributed by atoms with E-state index >= 15 is 0 Å². The molecule has 0 amide bonds. The lowest BCUT2D eigenvalue weighted by atomic mass is 9.87. The van der Waals surface area contributed by atoms with Crippen LogP contribution < -0.4 is 0 Å².